The fourth-order valence-corrected chi connectivity index (χ4v) is 4.04. The van der Waals surface area contributed by atoms with Gasteiger partial charge in [0.2, 0.25) is 0 Å². The van der Waals surface area contributed by atoms with Gasteiger partial charge in [0, 0.05) is 10.4 Å². The predicted octanol–water partition coefficient (Wildman–Crippen LogP) is 2.82. The Morgan fingerprint density at radius 1 is 1.29 bits per heavy atom. The van der Waals surface area contributed by atoms with Gasteiger partial charge in [-0.15, -0.1) is 11.8 Å². The number of nitrogens with two attached hydrogens (primary N) is 1. The van der Waals surface area contributed by atoms with Crippen molar-refractivity contribution in [2.24, 2.45) is 5.73 Å². The Bertz CT molecular complexity index is 383. The van der Waals surface area contributed by atoms with E-state index >= 15 is 0 Å². The molecule has 3 rings (SSSR count). The highest BCUT2D eigenvalue weighted by Crippen LogP contribution is 2.42. The van der Waals surface area contributed by atoms with Crippen molar-refractivity contribution in [2.75, 3.05) is 5.75 Å². The van der Waals surface area contributed by atoms with Crippen LogP contribution in [0.5, 0.6) is 0 Å². The molecule has 2 heterocycles. The van der Waals surface area contributed by atoms with E-state index < -0.39 is 0 Å². The summed E-state index contributed by atoms with van der Waals surface area (Å²) in [5.41, 5.74) is 6.42. The maximum Gasteiger partial charge on any atom is 0.0760 e. The summed E-state index contributed by atoms with van der Waals surface area (Å²) in [5, 5.41) is 0. The molecule has 2 fully saturated rings. The van der Waals surface area contributed by atoms with E-state index in [2.05, 4.69) is 30.3 Å². The van der Waals surface area contributed by atoms with E-state index in [0.717, 1.165) is 25.0 Å². The molecule has 92 valence electrons. The second-order valence-corrected chi connectivity index (χ2v) is 6.34. The van der Waals surface area contributed by atoms with Crippen LogP contribution in [0.4, 0.5) is 0 Å². The summed E-state index contributed by atoms with van der Waals surface area (Å²) < 4.78 is 5.86. The lowest BCUT2D eigenvalue weighted by Gasteiger charge is -2.30. The van der Waals surface area contributed by atoms with E-state index in [1.165, 1.54) is 11.3 Å². The van der Waals surface area contributed by atoms with Crippen LogP contribution in [-0.2, 0) is 4.74 Å². The lowest BCUT2D eigenvalue weighted by molar-refractivity contribution is 0.0851. The van der Waals surface area contributed by atoms with E-state index in [-0.39, 0.29) is 5.54 Å². The minimum atomic E-state index is -0.0509. The Balaban J connectivity index is 1.52. The molecule has 2 bridgehead atoms. The smallest absolute Gasteiger partial charge is 0.0760 e. The molecular weight excluding hydrogens is 230 g/mol. The molecule has 0 spiro atoms. The van der Waals surface area contributed by atoms with Crippen molar-refractivity contribution < 1.29 is 4.74 Å². The summed E-state index contributed by atoms with van der Waals surface area (Å²) in [6.45, 7) is 0. The normalized spacial score (nSPS) is 35.4. The molecule has 0 amide bonds. The van der Waals surface area contributed by atoms with Crippen LogP contribution in [0, 0.1) is 0 Å². The van der Waals surface area contributed by atoms with Crippen molar-refractivity contribution in [3.05, 3.63) is 30.3 Å². The van der Waals surface area contributed by atoms with Gasteiger partial charge in [-0.25, -0.2) is 0 Å². The first kappa shape index (κ1) is 11.6. The summed E-state index contributed by atoms with van der Waals surface area (Å²) >= 11 is 1.90. The van der Waals surface area contributed by atoms with Crippen LogP contribution in [0.15, 0.2) is 35.2 Å². The fraction of sp³-hybridized carbons (Fsp3) is 0.571. The SMILES string of the molecule is NC1(CCSc2ccccc2)CC2CCC1O2. The third-order valence-corrected chi connectivity index (χ3v) is 4.95. The molecular formula is C14H19NOS. The fourth-order valence-electron chi connectivity index (χ4n) is 2.97. The summed E-state index contributed by atoms with van der Waals surface area (Å²) in [4.78, 5) is 1.33. The van der Waals surface area contributed by atoms with Gasteiger partial charge < -0.3 is 10.5 Å². The second-order valence-electron chi connectivity index (χ2n) is 5.17. The highest BCUT2D eigenvalue weighted by Gasteiger charge is 2.49. The van der Waals surface area contributed by atoms with Gasteiger partial charge in [-0.3, -0.25) is 0 Å². The standard InChI is InChI=1S/C14H19NOS/c15-14(10-11-6-7-13(14)16-11)8-9-17-12-4-2-1-3-5-12/h1-5,11,13H,6-10,15H2. The van der Waals surface area contributed by atoms with E-state index in [1.807, 2.05) is 11.8 Å². The molecule has 2 N–H and O–H groups in total. The summed E-state index contributed by atoms with van der Waals surface area (Å²) in [5.74, 6) is 1.09. The van der Waals surface area contributed by atoms with Gasteiger partial charge >= 0.3 is 0 Å². The topological polar surface area (TPSA) is 35.2 Å². The van der Waals surface area contributed by atoms with Crippen LogP contribution in [-0.4, -0.2) is 23.5 Å². The van der Waals surface area contributed by atoms with Gasteiger partial charge in [-0.1, -0.05) is 18.2 Å². The lowest BCUT2D eigenvalue weighted by atomic mass is 9.81. The summed E-state index contributed by atoms with van der Waals surface area (Å²) in [6, 6.07) is 10.5. The highest BCUT2D eigenvalue weighted by molar-refractivity contribution is 7.99. The van der Waals surface area contributed by atoms with Crippen LogP contribution < -0.4 is 5.73 Å². The molecule has 17 heavy (non-hydrogen) atoms. The van der Waals surface area contributed by atoms with Crippen LogP contribution in [0.1, 0.15) is 25.7 Å². The predicted molar refractivity (Wildman–Crippen MR) is 71.2 cm³/mol. The highest BCUT2D eigenvalue weighted by atomic mass is 32.2. The van der Waals surface area contributed by atoms with E-state index in [4.69, 9.17) is 10.5 Å². The van der Waals surface area contributed by atoms with Crippen molar-refractivity contribution in [3.63, 3.8) is 0 Å². The minimum Gasteiger partial charge on any atom is -0.373 e. The monoisotopic (exact) mass is 249 g/mol. The Morgan fingerprint density at radius 3 is 2.76 bits per heavy atom. The van der Waals surface area contributed by atoms with Crippen molar-refractivity contribution >= 4 is 11.8 Å². The Morgan fingerprint density at radius 2 is 2.12 bits per heavy atom. The number of rotatable bonds is 4. The summed E-state index contributed by atoms with van der Waals surface area (Å²) in [7, 11) is 0. The van der Waals surface area contributed by atoms with Gasteiger partial charge in [-0.05, 0) is 43.6 Å². The maximum absolute atomic E-state index is 6.47. The third kappa shape index (κ3) is 2.37. The molecule has 2 aliphatic rings. The lowest BCUT2D eigenvalue weighted by Crippen LogP contribution is -2.49. The van der Waals surface area contributed by atoms with Gasteiger partial charge in [0.15, 0.2) is 0 Å². The van der Waals surface area contributed by atoms with Crippen molar-refractivity contribution in [1.29, 1.82) is 0 Å². The zero-order chi connectivity index (χ0) is 11.7. The number of benzene rings is 1. The Hall–Kier alpha value is -0.510. The first-order valence-electron chi connectivity index (χ1n) is 6.38. The molecule has 3 heteroatoms. The maximum atomic E-state index is 6.47. The molecule has 3 unspecified atom stereocenters. The van der Waals surface area contributed by atoms with Crippen molar-refractivity contribution in [2.45, 2.75) is 48.3 Å². The summed E-state index contributed by atoms with van der Waals surface area (Å²) in [6.07, 6.45) is 5.28. The largest absolute Gasteiger partial charge is 0.373 e. The number of ether oxygens (including phenoxy) is 1. The van der Waals surface area contributed by atoms with Gasteiger partial charge in [-0.2, -0.15) is 0 Å². The molecule has 0 aromatic heterocycles. The van der Waals surface area contributed by atoms with Gasteiger partial charge in [0.25, 0.3) is 0 Å². The van der Waals surface area contributed by atoms with Crippen molar-refractivity contribution in [1.82, 2.24) is 0 Å². The number of fused-ring (bicyclic) bond motifs is 2. The first-order valence-corrected chi connectivity index (χ1v) is 7.37. The molecule has 0 saturated carbocycles. The van der Waals surface area contributed by atoms with Crippen LogP contribution in [0.3, 0.4) is 0 Å². The number of hydrogen-bond donors (Lipinski definition) is 1. The second kappa shape index (κ2) is 4.63. The minimum absolute atomic E-state index is 0.0509. The van der Waals surface area contributed by atoms with Crippen molar-refractivity contribution in [3.8, 4) is 0 Å². The molecule has 1 aromatic carbocycles. The van der Waals surface area contributed by atoms with E-state index in [1.54, 1.807) is 0 Å². The molecule has 0 aliphatic carbocycles. The third-order valence-electron chi connectivity index (χ3n) is 3.94. The number of hydrogen-bond acceptors (Lipinski definition) is 3. The zero-order valence-electron chi connectivity index (χ0n) is 9.97. The average Bonchev–Trinajstić information content (AvgIpc) is 2.90. The van der Waals surface area contributed by atoms with Gasteiger partial charge in [0.1, 0.15) is 0 Å². The Labute approximate surface area is 107 Å². The molecule has 1 aromatic rings. The Kier molecular flexibility index (Phi) is 3.16. The van der Waals surface area contributed by atoms with E-state index in [9.17, 15) is 0 Å². The first-order chi connectivity index (χ1) is 8.26. The van der Waals surface area contributed by atoms with Crippen LogP contribution in [0.2, 0.25) is 0 Å². The molecule has 0 radical (unpaired) electrons. The molecule has 2 aliphatic heterocycles. The van der Waals surface area contributed by atoms with Crippen LogP contribution >= 0.6 is 11.8 Å². The van der Waals surface area contributed by atoms with Gasteiger partial charge in [0.05, 0.1) is 12.2 Å². The number of thioether (sulfide) groups is 1. The quantitative estimate of drug-likeness (QED) is 0.833. The van der Waals surface area contributed by atoms with E-state index in [0.29, 0.717) is 12.2 Å². The average molecular weight is 249 g/mol. The molecule has 2 nitrogen and oxygen atoms in total. The molecule has 3 atom stereocenters. The zero-order valence-corrected chi connectivity index (χ0v) is 10.8. The van der Waals surface area contributed by atoms with Crippen LogP contribution in [0.25, 0.3) is 0 Å². The molecule has 2 saturated heterocycles.